The first-order valence-electron chi connectivity index (χ1n) is 8.64. The van der Waals surface area contributed by atoms with E-state index in [1.807, 2.05) is 29.2 Å². The molecular formula is C18H22N4O3. The number of hydrogen-bond donors (Lipinski definition) is 1. The Balaban J connectivity index is 1.66. The van der Waals surface area contributed by atoms with Gasteiger partial charge in [0.15, 0.2) is 0 Å². The fourth-order valence-corrected chi connectivity index (χ4v) is 3.67. The summed E-state index contributed by atoms with van der Waals surface area (Å²) in [5.41, 5.74) is 2.38. The van der Waals surface area contributed by atoms with Gasteiger partial charge in [-0.05, 0) is 24.1 Å². The van der Waals surface area contributed by atoms with Crippen molar-refractivity contribution in [1.82, 2.24) is 19.4 Å². The Morgan fingerprint density at radius 1 is 1.08 bits per heavy atom. The molecule has 7 heteroatoms. The molecule has 1 N–H and O–H groups in total. The van der Waals surface area contributed by atoms with Gasteiger partial charge in [-0.3, -0.25) is 13.9 Å². The van der Waals surface area contributed by atoms with Crippen molar-refractivity contribution in [3.05, 3.63) is 51.7 Å². The van der Waals surface area contributed by atoms with Crippen LogP contribution in [0.25, 0.3) is 0 Å². The summed E-state index contributed by atoms with van der Waals surface area (Å²) in [5.74, 6) is 0.746. The molecule has 1 aromatic heterocycles. The Bertz CT molecular complexity index is 850. The molecule has 1 aromatic carbocycles. The van der Waals surface area contributed by atoms with Crippen LogP contribution in [-0.2, 0) is 26.2 Å². The molecule has 2 aliphatic heterocycles. The molecule has 0 saturated heterocycles. The van der Waals surface area contributed by atoms with Crippen molar-refractivity contribution in [2.45, 2.75) is 32.6 Å². The summed E-state index contributed by atoms with van der Waals surface area (Å²) in [6, 6.07) is 7.75. The number of rotatable bonds is 3. The first-order chi connectivity index (χ1) is 12.2. The number of carbonyl (C=O) groups is 1. The third-order valence-corrected chi connectivity index (χ3v) is 4.97. The number of fused-ring (bicyclic) bond motifs is 3. The number of nitrogens with zero attached hydrogens (tertiary/aromatic N) is 3. The maximum absolute atomic E-state index is 13.1. The van der Waals surface area contributed by atoms with Gasteiger partial charge in [-0.25, -0.2) is 4.79 Å². The number of imidazole rings is 1. The zero-order valence-electron chi connectivity index (χ0n) is 14.3. The van der Waals surface area contributed by atoms with Gasteiger partial charge < -0.3 is 15.0 Å². The van der Waals surface area contributed by atoms with Gasteiger partial charge in [0.05, 0.1) is 12.8 Å². The molecule has 0 atom stereocenters. The van der Waals surface area contributed by atoms with E-state index in [-0.39, 0.29) is 11.6 Å². The molecule has 0 unspecified atom stereocenters. The van der Waals surface area contributed by atoms with Crippen molar-refractivity contribution in [3.63, 3.8) is 0 Å². The van der Waals surface area contributed by atoms with E-state index in [9.17, 15) is 9.59 Å². The van der Waals surface area contributed by atoms with Crippen LogP contribution in [0.2, 0.25) is 0 Å². The summed E-state index contributed by atoms with van der Waals surface area (Å²) in [7, 11) is 1.64. The monoisotopic (exact) mass is 342 g/mol. The largest absolute Gasteiger partial charge is 0.497 e. The van der Waals surface area contributed by atoms with E-state index in [1.165, 1.54) is 0 Å². The Hall–Kier alpha value is -2.54. The highest BCUT2D eigenvalue weighted by Crippen LogP contribution is 2.20. The van der Waals surface area contributed by atoms with E-state index in [1.54, 1.807) is 16.2 Å². The molecule has 0 saturated carbocycles. The summed E-state index contributed by atoms with van der Waals surface area (Å²) in [4.78, 5) is 27.6. The fraction of sp³-hybridized carbons (Fsp3) is 0.444. The van der Waals surface area contributed by atoms with Gasteiger partial charge in [-0.1, -0.05) is 12.1 Å². The number of ether oxygens (including phenoxy) is 1. The van der Waals surface area contributed by atoms with Crippen LogP contribution in [-0.4, -0.2) is 40.1 Å². The van der Waals surface area contributed by atoms with Crippen LogP contribution in [0.1, 0.15) is 28.2 Å². The molecule has 0 aliphatic carbocycles. The van der Waals surface area contributed by atoms with Crippen molar-refractivity contribution in [1.29, 1.82) is 0 Å². The lowest BCUT2D eigenvalue weighted by atomic mass is 10.2. The van der Waals surface area contributed by atoms with Gasteiger partial charge in [0.25, 0.3) is 5.91 Å². The number of amides is 1. The second kappa shape index (κ2) is 6.40. The molecule has 0 spiro atoms. The third kappa shape index (κ3) is 2.74. The van der Waals surface area contributed by atoms with Crippen molar-refractivity contribution >= 4 is 5.91 Å². The maximum atomic E-state index is 13.1. The number of carbonyl (C=O) groups excluding carboxylic acids is 1. The number of hydrogen-bond acceptors (Lipinski definition) is 4. The minimum Gasteiger partial charge on any atom is -0.497 e. The zero-order chi connectivity index (χ0) is 17.4. The Morgan fingerprint density at radius 2 is 1.88 bits per heavy atom. The lowest BCUT2D eigenvalue weighted by Crippen LogP contribution is -2.35. The fourth-order valence-electron chi connectivity index (χ4n) is 3.67. The summed E-state index contributed by atoms with van der Waals surface area (Å²) in [5, 5.41) is 3.26. The topological polar surface area (TPSA) is 68.5 Å². The number of nitrogens with one attached hydrogen (secondary N) is 1. The van der Waals surface area contributed by atoms with E-state index in [2.05, 4.69) is 5.32 Å². The Labute approximate surface area is 145 Å². The van der Waals surface area contributed by atoms with Crippen molar-refractivity contribution in [3.8, 4) is 5.75 Å². The van der Waals surface area contributed by atoms with Crippen LogP contribution in [0.5, 0.6) is 5.75 Å². The highest BCUT2D eigenvalue weighted by Gasteiger charge is 2.31. The van der Waals surface area contributed by atoms with Crippen molar-refractivity contribution < 1.29 is 9.53 Å². The van der Waals surface area contributed by atoms with Gasteiger partial charge in [0.1, 0.15) is 11.4 Å². The van der Waals surface area contributed by atoms with Crippen LogP contribution in [0.3, 0.4) is 0 Å². The average molecular weight is 342 g/mol. The SMILES string of the molecule is COc1ccc(CN2CCCn3c(c4n(c3=O)CCNC4)C2=O)cc1. The first kappa shape index (κ1) is 16.0. The normalized spacial score (nSPS) is 17.0. The summed E-state index contributed by atoms with van der Waals surface area (Å²) < 4.78 is 8.60. The lowest BCUT2D eigenvalue weighted by molar-refractivity contribution is 0.0744. The van der Waals surface area contributed by atoms with E-state index in [4.69, 9.17) is 4.74 Å². The molecule has 2 aliphatic rings. The molecule has 7 nitrogen and oxygen atoms in total. The Kier molecular flexibility index (Phi) is 4.09. The van der Waals surface area contributed by atoms with Crippen LogP contribution in [0.4, 0.5) is 0 Å². The van der Waals surface area contributed by atoms with E-state index in [0.717, 1.165) is 30.0 Å². The van der Waals surface area contributed by atoms with Gasteiger partial charge in [-0.15, -0.1) is 0 Å². The highest BCUT2D eigenvalue weighted by molar-refractivity contribution is 5.94. The number of methoxy groups -OCH3 is 1. The summed E-state index contributed by atoms with van der Waals surface area (Å²) in [6.07, 6.45) is 0.783. The van der Waals surface area contributed by atoms with E-state index < -0.39 is 0 Å². The standard InChI is InChI=1S/C18H22N4O3/c1-25-14-5-3-13(4-6-14)12-20-8-2-9-22-16(17(20)23)15-11-19-7-10-21(15)18(22)24/h3-6,19H,2,7-12H2,1H3. The predicted octanol–water partition coefficient (Wildman–Crippen LogP) is 0.808. The minimum absolute atomic E-state index is 0.0499. The van der Waals surface area contributed by atoms with Crippen LogP contribution in [0.15, 0.2) is 29.1 Å². The smallest absolute Gasteiger partial charge is 0.329 e. The molecule has 0 fully saturated rings. The maximum Gasteiger partial charge on any atom is 0.329 e. The summed E-state index contributed by atoms with van der Waals surface area (Å²) >= 11 is 0. The molecule has 132 valence electrons. The van der Waals surface area contributed by atoms with Crippen molar-refractivity contribution in [2.24, 2.45) is 0 Å². The van der Waals surface area contributed by atoms with Crippen LogP contribution < -0.4 is 15.7 Å². The van der Waals surface area contributed by atoms with Gasteiger partial charge in [-0.2, -0.15) is 0 Å². The molecule has 0 bridgehead atoms. The highest BCUT2D eigenvalue weighted by atomic mass is 16.5. The molecule has 0 radical (unpaired) electrons. The third-order valence-electron chi connectivity index (χ3n) is 4.97. The predicted molar refractivity (Wildman–Crippen MR) is 92.8 cm³/mol. The molecular weight excluding hydrogens is 320 g/mol. The number of aromatic nitrogens is 2. The van der Waals surface area contributed by atoms with Crippen molar-refractivity contribution in [2.75, 3.05) is 20.2 Å². The van der Waals surface area contributed by atoms with E-state index in [0.29, 0.717) is 38.4 Å². The molecule has 1 amide bonds. The quantitative estimate of drug-likeness (QED) is 0.896. The van der Waals surface area contributed by atoms with Crippen LogP contribution in [0, 0.1) is 0 Å². The van der Waals surface area contributed by atoms with Gasteiger partial charge >= 0.3 is 5.69 Å². The average Bonchev–Trinajstić information content (AvgIpc) is 2.82. The first-order valence-corrected chi connectivity index (χ1v) is 8.64. The lowest BCUT2D eigenvalue weighted by Gasteiger charge is -2.22. The zero-order valence-corrected chi connectivity index (χ0v) is 14.3. The second-order valence-corrected chi connectivity index (χ2v) is 6.49. The summed E-state index contributed by atoms with van der Waals surface area (Å²) in [6.45, 7) is 3.74. The molecule has 2 aromatic rings. The molecule has 25 heavy (non-hydrogen) atoms. The second-order valence-electron chi connectivity index (χ2n) is 6.49. The Morgan fingerprint density at radius 3 is 2.64 bits per heavy atom. The van der Waals surface area contributed by atoms with Crippen LogP contribution >= 0.6 is 0 Å². The molecule has 3 heterocycles. The molecule has 4 rings (SSSR count). The van der Waals surface area contributed by atoms with Gasteiger partial charge in [0, 0.05) is 39.3 Å². The minimum atomic E-state index is -0.0529. The van der Waals surface area contributed by atoms with E-state index >= 15 is 0 Å². The van der Waals surface area contributed by atoms with Gasteiger partial charge in [0.2, 0.25) is 0 Å². The number of benzene rings is 1.